The summed E-state index contributed by atoms with van der Waals surface area (Å²) >= 11 is 0. The van der Waals surface area contributed by atoms with Gasteiger partial charge in [-0.15, -0.1) is 0 Å². The van der Waals surface area contributed by atoms with Gasteiger partial charge in [-0.1, -0.05) is 79.1 Å². The van der Waals surface area contributed by atoms with Crippen molar-refractivity contribution in [3.63, 3.8) is 0 Å². The summed E-state index contributed by atoms with van der Waals surface area (Å²) < 4.78 is 0. The molecule has 1 radical (unpaired) electrons. The fraction of sp³-hybridized carbons (Fsp3) is 0.938. The minimum absolute atomic E-state index is 0.892. The lowest BCUT2D eigenvalue weighted by molar-refractivity contribution is 0.459. The van der Waals surface area contributed by atoms with E-state index in [1.165, 1.54) is 57.8 Å². The van der Waals surface area contributed by atoms with Crippen LogP contribution in [-0.2, 0) is 0 Å². The number of hydrogen-bond donors (Lipinski definition) is 0. The van der Waals surface area contributed by atoms with Gasteiger partial charge in [-0.25, -0.2) is 0 Å². The maximum atomic E-state index is 2.59. The SMILES string of the molecule is CCCCC([CH]CCCCC(C)CC)CC. The fourth-order valence-corrected chi connectivity index (χ4v) is 2.15. The molecule has 97 valence electrons. The van der Waals surface area contributed by atoms with Crippen molar-refractivity contribution in [2.45, 2.75) is 85.5 Å². The van der Waals surface area contributed by atoms with Crippen LogP contribution in [0.5, 0.6) is 0 Å². The molecule has 0 aliphatic carbocycles. The molecule has 0 N–H and O–H groups in total. The molecular weight excluding hydrogens is 192 g/mol. The Labute approximate surface area is 104 Å². The van der Waals surface area contributed by atoms with Gasteiger partial charge in [-0.3, -0.25) is 0 Å². The molecule has 0 heterocycles. The molecule has 0 fully saturated rings. The van der Waals surface area contributed by atoms with Crippen molar-refractivity contribution in [1.82, 2.24) is 0 Å². The van der Waals surface area contributed by atoms with Crippen molar-refractivity contribution in [3.8, 4) is 0 Å². The summed E-state index contributed by atoms with van der Waals surface area (Å²) in [7, 11) is 0. The van der Waals surface area contributed by atoms with Gasteiger partial charge in [0.05, 0.1) is 0 Å². The predicted molar refractivity (Wildman–Crippen MR) is 75.5 cm³/mol. The molecule has 0 bridgehead atoms. The van der Waals surface area contributed by atoms with Gasteiger partial charge in [0.25, 0.3) is 0 Å². The molecule has 0 aromatic rings. The molecule has 0 saturated heterocycles. The molecule has 0 aliphatic rings. The number of rotatable bonds is 11. The summed E-state index contributed by atoms with van der Waals surface area (Å²) in [6, 6.07) is 0. The summed E-state index contributed by atoms with van der Waals surface area (Å²) in [5.41, 5.74) is 0. The Bertz CT molecular complexity index is 128. The van der Waals surface area contributed by atoms with Gasteiger partial charge in [0, 0.05) is 0 Å². The van der Waals surface area contributed by atoms with Crippen LogP contribution in [0.2, 0.25) is 0 Å². The van der Waals surface area contributed by atoms with E-state index in [-0.39, 0.29) is 0 Å². The van der Waals surface area contributed by atoms with E-state index in [9.17, 15) is 0 Å². The topological polar surface area (TPSA) is 0 Å². The van der Waals surface area contributed by atoms with Gasteiger partial charge >= 0.3 is 0 Å². The van der Waals surface area contributed by atoms with Crippen molar-refractivity contribution in [1.29, 1.82) is 0 Å². The zero-order valence-corrected chi connectivity index (χ0v) is 12.1. The Morgan fingerprint density at radius 3 is 2.19 bits per heavy atom. The van der Waals surface area contributed by atoms with Crippen molar-refractivity contribution in [2.75, 3.05) is 0 Å². The van der Waals surface area contributed by atoms with Gasteiger partial charge < -0.3 is 0 Å². The first-order valence-corrected chi connectivity index (χ1v) is 7.57. The molecule has 2 unspecified atom stereocenters. The van der Waals surface area contributed by atoms with E-state index in [1.807, 2.05) is 0 Å². The van der Waals surface area contributed by atoms with Crippen LogP contribution in [0.4, 0.5) is 0 Å². The molecule has 16 heavy (non-hydrogen) atoms. The van der Waals surface area contributed by atoms with Crippen molar-refractivity contribution in [3.05, 3.63) is 6.42 Å². The highest BCUT2D eigenvalue weighted by molar-refractivity contribution is 4.75. The third-order valence-corrected chi connectivity index (χ3v) is 3.80. The first-order chi connectivity index (χ1) is 7.74. The van der Waals surface area contributed by atoms with Crippen molar-refractivity contribution >= 4 is 0 Å². The summed E-state index contributed by atoms with van der Waals surface area (Å²) in [6.07, 6.45) is 15.0. The number of hydrogen-bond acceptors (Lipinski definition) is 0. The highest BCUT2D eigenvalue weighted by atomic mass is 14.1. The maximum absolute atomic E-state index is 2.59. The van der Waals surface area contributed by atoms with Crippen LogP contribution in [0.1, 0.15) is 85.5 Å². The highest BCUT2D eigenvalue weighted by Gasteiger charge is 2.05. The Morgan fingerprint density at radius 2 is 1.62 bits per heavy atom. The molecule has 0 rings (SSSR count). The minimum atomic E-state index is 0.892. The zero-order valence-electron chi connectivity index (χ0n) is 12.1. The Morgan fingerprint density at radius 1 is 0.875 bits per heavy atom. The molecule has 0 heteroatoms. The standard InChI is InChI=1S/C16H33/c1-5-8-13-16(7-3)14-11-9-10-12-15(4)6-2/h14-16H,5-13H2,1-4H3. The summed E-state index contributed by atoms with van der Waals surface area (Å²) in [4.78, 5) is 0. The molecular formula is C16H33. The molecule has 0 spiro atoms. The third-order valence-electron chi connectivity index (χ3n) is 3.80. The normalized spacial score (nSPS) is 15.0. The summed E-state index contributed by atoms with van der Waals surface area (Å²) in [5.74, 6) is 1.82. The van der Waals surface area contributed by atoms with Crippen molar-refractivity contribution < 1.29 is 0 Å². The van der Waals surface area contributed by atoms with Gasteiger partial charge in [-0.2, -0.15) is 0 Å². The van der Waals surface area contributed by atoms with Crippen LogP contribution in [0.3, 0.4) is 0 Å². The largest absolute Gasteiger partial charge is 0.0654 e. The molecule has 0 amide bonds. The molecule has 0 nitrogen and oxygen atoms in total. The predicted octanol–water partition coefficient (Wildman–Crippen LogP) is 6.01. The van der Waals surface area contributed by atoms with Gasteiger partial charge in [0.2, 0.25) is 0 Å². The molecule has 0 aromatic heterocycles. The second-order valence-electron chi connectivity index (χ2n) is 5.34. The average molecular weight is 225 g/mol. The number of unbranched alkanes of at least 4 members (excludes halogenated alkanes) is 3. The Balaban J connectivity index is 3.33. The first-order valence-electron chi connectivity index (χ1n) is 7.57. The molecule has 0 saturated carbocycles. The summed E-state index contributed by atoms with van der Waals surface area (Å²) in [6.45, 7) is 9.29. The maximum Gasteiger partial charge on any atom is -0.0355 e. The van der Waals surface area contributed by atoms with E-state index in [1.54, 1.807) is 0 Å². The van der Waals surface area contributed by atoms with E-state index in [0.29, 0.717) is 0 Å². The van der Waals surface area contributed by atoms with Crippen molar-refractivity contribution in [2.24, 2.45) is 11.8 Å². The molecule has 0 aliphatic heterocycles. The smallest absolute Gasteiger partial charge is 0.0355 e. The van der Waals surface area contributed by atoms with Crippen LogP contribution in [0, 0.1) is 18.3 Å². The Hall–Kier alpha value is 0. The molecule has 0 aromatic carbocycles. The van der Waals surface area contributed by atoms with Gasteiger partial charge in [0.15, 0.2) is 0 Å². The highest BCUT2D eigenvalue weighted by Crippen LogP contribution is 2.20. The van der Waals surface area contributed by atoms with Crippen LogP contribution < -0.4 is 0 Å². The van der Waals surface area contributed by atoms with Gasteiger partial charge in [0.1, 0.15) is 0 Å². The van der Waals surface area contributed by atoms with E-state index in [4.69, 9.17) is 0 Å². The van der Waals surface area contributed by atoms with E-state index < -0.39 is 0 Å². The fourth-order valence-electron chi connectivity index (χ4n) is 2.15. The van der Waals surface area contributed by atoms with Crippen LogP contribution in [-0.4, -0.2) is 0 Å². The second-order valence-corrected chi connectivity index (χ2v) is 5.34. The average Bonchev–Trinajstić information content (AvgIpc) is 2.32. The van der Waals surface area contributed by atoms with Crippen LogP contribution in [0.15, 0.2) is 0 Å². The lowest BCUT2D eigenvalue weighted by Gasteiger charge is -2.14. The lowest BCUT2D eigenvalue weighted by atomic mass is 9.92. The van der Waals surface area contributed by atoms with Gasteiger partial charge in [-0.05, 0) is 24.7 Å². The zero-order chi connectivity index (χ0) is 12.2. The quantitative estimate of drug-likeness (QED) is 0.377. The Kier molecular flexibility index (Phi) is 11.5. The monoisotopic (exact) mass is 225 g/mol. The van der Waals surface area contributed by atoms with E-state index in [2.05, 4.69) is 34.1 Å². The van der Waals surface area contributed by atoms with Crippen LogP contribution >= 0.6 is 0 Å². The second kappa shape index (κ2) is 11.5. The third kappa shape index (κ3) is 9.24. The first kappa shape index (κ1) is 16.0. The molecule has 2 atom stereocenters. The lowest BCUT2D eigenvalue weighted by Crippen LogP contribution is -2.00. The van der Waals surface area contributed by atoms with E-state index >= 15 is 0 Å². The minimum Gasteiger partial charge on any atom is -0.0654 e. The van der Waals surface area contributed by atoms with E-state index in [0.717, 1.165) is 11.8 Å². The summed E-state index contributed by atoms with van der Waals surface area (Å²) in [5, 5.41) is 0. The van der Waals surface area contributed by atoms with Crippen LogP contribution in [0.25, 0.3) is 0 Å².